The molecule has 27 heavy (non-hydrogen) atoms. The number of nitrogens with zero attached hydrogens (tertiary/aromatic N) is 3. The van der Waals surface area contributed by atoms with Crippen LogP contribution in [0.15, 0.2) is 62.4 Å². The number of benzene rings is 1. The quantitative estimate of drug-likeness (QED) is 0.663. The molecule has 0 aliphatic heterocycles. The average Bonchev–Trinajstić information content (AvgIpc) is 2.62. The molecule has 1 N–H and O–H groups in total. The maximum atomic E-state index is 12.5. The van der Waals surface area contributed by atoms with Gasteiger partial charge in [-0.2, -0.15) is 0 Å². The van der Waals surface area contributed by atoms with Gasteiger partial charge in [0, 0.05) is 4.47 Å². The summed E-state index contributed by atoms with van der Waals surface area (Å²) < 4.78 is 3.06. The van der Waals surface area contributed by atoms with Crippen LogP contribution in [0.5, 0.6) is 0 Å². The fourth-order valence-electron chi connectivity index (χ4n) is 2.44. The first-order chi connectivity index (χ1) is 12.8. The number of halogens is 1. The van der Waals surface area contributed by atoms with E-state index in [1.165, 1.54) is 12.2 Å². The molecule has 0 bridgehead atoms. The van der Waals surface area contributed by atoms with Gasteiger partial charge in [-0.15, -0.1) is 13.2 Å². The van der Waals surface area contributed by atoms with Crippen LogP contribution < -0.4 is 22.4 Å². The van der Waals surface area contributed by atoms with Gasteiger partial charge < -0.3 is 5.32 Å². The topological polar surface area (TPSA) is 95.1 Å². The molecule has 2 rings (SSSR count). The summed E-state index contributed by atoms with van der Waals surface area (Å²) in [7, 11) is 0. The van der Waals surface area contributed by atoms with Crippen molar-refractivity contribution in [2.24, 2.45) is 0 Å². The first-order valence-corrected chi connectivity index (χ1v) is 8.81. The Bertz CT molecular complexity index is 1030. The largest absolute Gasteiger partial charge is 0.337 e. The highest BCUT2D eigenvalue weighted by Gasteiger charge is 2.17. The molecule has 9 heteroatoms. The van der Waals surface area contributed by atoms with Crippen LogP contribution in [-0.2, 0) is 24.4 Å². The maximum absolute atomic E-state index is 12.5. The fraction of sp³-hybridized carbons (Fsp3) is 0.222. The minimum absolute atomic E-state index is 0.0831. The summed E-state index contributed by atoms with van der Waals surface area (Å²) in [5.41, 5.74) is -1.02. The van der Waals surface area contributed by atoms with E-state index >= 15 is 0 Å². The number of nitrogens with one attached hydrogen (secondary N) is 1. The Morgan fingerprint density at radius 1 is 1.04 bits per heavy atom. The van der Waals surface area contributed by atoms with Crippen LogP contribution in [0.4, 0.5) is 5.69 Å². The SMILES string of the molecule is C=CCn1c(=O)n(CC=C)c(=O)n(CC(=O)Nc2ccc(C)cc2Br)c1=O. The Hall–Kier alpha value is -2.94. The van der Waals surface area contributed by atoms with Gasteiger partial charge in [0.1, 0.15) is 6.54 Å². The summed E-state index contributed by atoms with van der Waals surface area (Å²) in [6.45, 7) is 8.20. The smallest absolute Gasteiger partial charge is 0.323 e. The Balaban J connectivity index is 2.45. The molecule has 142 valence electrons. The zero-order chi connectivity index (χ0) is 20.1. The Morgan fingerprint density at radius 2 is 1.56 bits per heavy atom. The van der Waals surface area contributed by atoms with Gasteiger partial charge in [0.25, 0.3) is 0 Å². The predicted octanol–water partition coefficient (Wildman–Crippen LogP) is 1.25. The van der Waals surface area contributed by atoms with Crippen LogP contribution in [0.25, 0.3) is 0 Å². The van der Waals surface area contributed by atoms with E-state index in [0.717, 1.165) is 14.7 Å². The minimum Gasteiger partial charge on any atom is -0.323 e. The summed E-state index contributed by atoms with van der Waals surface area (Å²) >= 11 is 3.35. The molecule has 0 unspecified atom stereocenters. The lowest BCUT2D eigenvalue weighted by Crippen LogP contribution is -2.55. The molecule has 0 spiro atoms. The van der Waals surface area contributed by atoms with Gasteiger partial charge in [-0.1, -0.05) is 18.2 Å². The summed E-state index contributed by atoms with van der Waals surface area (Å²) in [6, 6.07) is 5.34. The van der Waals surface area contributed by atoms with E-state index in [9.17, 15) is 19.2 Å². The number of carbonyl (C=O) groups excluding carboxylic acids is 1. The van der Waals surface area contributed by atoms with Crippen molar-refractivity contribution in [3.8, 4) is 0 Å². The number of aromatic nitrogens is 3. The minimum atomic E-state index is -0.872. The number of hydrogen-bond acceptors (Lipinski definition) is 4. The summed E-state index contributed by atoms with van der Waals surface area (Å²) in [5.74, 6) is -0.576. The van der Waals surface area contributed by atoms with Crippen LogP contribution >= 0.6 is 15.9 Å². The van der Waals surface area contributed by atoms with Crippen LogP contribution in [0, 0.1) is 6.92 Å². The molecule has 0 saturated heterocycles. The molecule has 1 amide bonds. The predicted molar refractivity (Wildman–Crippen MR) is 107 cm³/mol. The van der Waals surface area contributed by atoms with Crippen molar-refractivity contribution >= 4 is 27.5 Å². The third kappa shape index (κ3) is 4.43. The Kier molecular flexibility index (Phi) is 6.51. The first-order valence-electron chi connectivity index (χ1n) is 8.02. The second-order valence-corrected chi connectivity index (χ2v) is 6.62. The van der Waals surface area contributed by atoms with Crippen LogP contribution in [0.3, 0.4) is 0 Å². The van der Waals surface area contributed by atoms with Crippen molar-refractivity contribution in [1.29, 1.82) is 0 Å². The van der Waals surface area contributed by atoms with Gasteiger partial charge >= 0.3 is 17.1 Å². The van der Waals surface area contributed by atoms with Crippen LogP contribution in [-0.4, -0.2) is 19.6 Å². The summed E-state index contributed by atoms with van der Waals surface area (Å²) in [5, 5.41) is 2.64. The number of allylic oxidation sites excluding steroid dienone is 2. The van der Waals surface area contributed by atoms with E-state index in [0.29, 0.717) is 14.7 Å². The third-order valence-electron chi connectivity index (χ3n) is 3.71. The molecule has 1 heterocycles. The van der Waals surface area contributed by atoms with E-state index in [1.54, 1.807) is 6.07 Å². The van der Waals surface area contributed by atoms with E-state index < -0.39 is 29.5 Å². The van der Waals surface area contributed by atoms with E-state index in [2.05, 4.69) is 34.4 Å². The van der Waals surface area contributed by atoms with Crippen molar-refractivity contribution in [3.63, 3.8) is 0 Å². The molecule has 0 saturated carbocycles. The number of hydrogen-bond donors (Lipinski definition) is 1. The molecule has 0 radical (unpaired) electrons. The molecular weight excluding hydrogens is 416 g/mol. The van der Waals surface area contributed by atoms with E-state index in [4.69, 9.17) is 0 Å². The highest BCUT2D eigenvalue weighted by Crippen LogP contribution is 2.23. The van der Waals surface area contributed by atoms with E-state index in [1.807, 2.05) is 19.1 Å². The molecule has 0 aliphatic carbocycles. The zero-order valence-electron chi connectivity index (χ0n) is 14.8. The number of aryl methyl sites for hydroxylation is 1. The van der Waals surface area contributed by atoms with Crippen LogP contribution in [0.2, 0.25) is 0 Å². The zero-order valence-corrected chi connectivity index (χ0v) is 16.4. The lowest BCUT2D eigenvalue weighted by atomic mass is 10.2. The lowest BCUT2D eigenvalue weighted by Gasteiger charge is -2.13. The standard InChI is InChI=1S/C18H19BrN4O4/c1-4-8-21-16(25)22(9-5-2)18(27)23(17(21)26)11-15(24)20-14-7-6-12(3)10-13(14)19/h4-7,10H,1-2,8-9,11H2,3H3,(H,20,24). The van der Waals surface area contributed by atoms with Gasteiger partial charge in [-0.05, 0) is 40.5 Å². The third-order valence-corrected chi connectivity index (χ3v) is 4.37. The van der Waals surface area contributed by atoms with Gasteiger partial charge in [-0.3, -0.25) is 4.79 Å². The molecule has 1 aromatic heterocycles. The highest BCUT2D eigenvalue weighted by molar-refractivity contribution is 9.10. The second-order valence-electron chi connectivity index (χ2n) is 5.76. The van der Waals surface area contributed by atoms with Gasteiger partial charge in [-0.25, -0.2) is 28.1 Å². The molecule has 2 aromatic rings. The van der Waals surface area contributed by atoms with Gasteiger partial charge in [0.05, 0.1) is 18.8 Å². The van der Waals surface area contributed by atoms with Crippen molar-refractivity contribution < 1.29 is 4.79 Å². The Morgan fingerprint density at radius 3 is 2.04 bits per heavy atom. The molecule has 0 fully saturated rings. The Labute approximate surface area is 163 Å². The maximum Gasteiger partial charge on any atom is 0.337 e. The summed E-state index contributed by atoms with van der Waals surface area (Å²) in [4.78, 5) is 49.7. The monoisotopic (exact) mass is 434 g/mol. The van der Waals surface area contributed by atoms with Crippen molar-refractivity contribution in [2.45, 2.75) is 26.6 Å². The van der Waals surface area contributed by atoms with Gasteiger partial charge in [0.15, 0.2) is 0 Å². The number of rotatable bonds is 7. The second kappa shape index (κ2) is 8.63. The molecule has 0 atom stereocenters. The molecule has 1 aromatic carbocycles. The normalized spacial score (nSPS) is 10.4. The molecule has 0 aliphatic rings. The highest BCUT2D eigenvalue weighted by atomic mass is 79.9. The molecular formula is C18H19BrN4O4. The van der Waals surface area contributed by atoms with Gasteiger partial charge in [0.2, 0.25) is 5.91 Å². The van der Waals surface area contributed by atoms with E-state index in [-0.39, 0.29) is 13.1 Å². The van der Waals surface area contributed by atoms with Crippen molar-refractivity contribution in [1.82, 2.24) is 13.7 Å². The summed E-state index contributed by atoms with van der Waals surface area (Å²) in [6.07, 6.45) is 2.72. The number of anilines is 1. The van der Waals surface area contributed by atoms with Crippen molar-refractivity contribution in [3.05, 3.63) is 85.0 Å². The number of carbonyl (C=O) groups is 1. The lowest BCUT2D eigenvalue weighted by molar-refractivity contribution is -0.116. The van der Waals surface area contributed by atoms with Crippen molar-refractivity contribution in [2.75, 3.05) is 5.32 Å². The molecule has 8 nitrogen and oxygen atoms in total. The first kappa shape index (κ1) is 20.4. The van der Waals surface area contributed by atoms with Crippen LogP contribution in [0.1, 0.15) is 5.56 Å². The average molecular weight is 435 g/mol. The number of amides is 1. The fourth-order valence-corrected chi connectivity index (χ4v) is 3.04.